The molecular formula is C40H58O6Si. The molecule has 7 heteroatoms. The van der Waals surface area contributed by atoms with Crippen molar-refractivity contribution in [3.05, 3.63) is 60.7 Å². The minimum Gasteiger partial charge on any atom is -0.460 e. The maximum Gasteiger partial charge on any atom is 0.331 e. The van der Waals surface area contributed by atoms with E-state index < -0.39 is 19.8 Å². The Morgan fingerprint density at radius 3 is 2.09 bits per heavy atom. The van der Waals surface area contributed by atoms with Crippen LogP contribution in [0.25, 0.3) is 0 Å². The average Bonchev–Trinajstić information content (AvgIpc) is 3.41. The highest BCUT2D eigenvalue weighted by molar-refractivity contribution is 6.99. The number of carbonyl (C=O) groups is 2. The summed E-state index contributed by atoms with van der Waals surface area (Å²) in [5.74, 6) is 0.170. The van der Waals surface area contributed by atoms with E-state index in [9.17, 15) is 9.59 Å². The molecule has 0 amide bonds. The second-order valence-corrected chi connectivity index (χ2v) is 20.7. The van der Waals surface area contributed by atoms with Crippen molar-refractivity contribution >= 4 is 30.4 Å². The molecule has 3 saturated carbocycles. The molecule has 8 atom stereocenters. The number of hydrogen-bond acceptors (Lipinski definition) is 6. The molecular weight excluding hydrogens is 605 g/mol. The summed E-state index contributed by atoms with van der Waals surface area (Å²) in [6.07, 6.45) is 4.33. The number of rotatable bonds is 10. The van der Waals surface area contributed by atoms with Crippen LogP contribution >= 0.6 is 0 Å². The largest absolute Gasteiger partial charge is 0.460 e. The fraction of sp³-hybridized carbons (Fsp3) is 0.650. The second-order valence-electron chi connectivity index (χ2n) is 16.4. The van der Waals surface area contributed by atoms with Crippen LogP contribution in [0.4, 0.5) is 0 Å². The smallest absolute Gasteiger partial charge is 0.331 e. The fourth-order valence-corrected chi connectivity index (χ4v) is 14.8. The molecule has 6 nitrogen and oxygen atoms in total. The summed E-state index contributed by atoms with van der Waals surface area (Å²) in [6.45, 7) is 18.0. The van der Waals surface area contributed by atoms with Crippen molar-refractivity contribution in [2.24, 2.45) is 34.0 Å². The molecule has 0 N–H and O–H groups in total. The molecule has 0 spiro atoms. The Hall–Kier alpha value is -2.32. The first-order valence-electron chi connectivity index (χ1n) is 17.8. The molecule has 2 bridgehead atoms. The minimum absolute atomic E-state index is 0.131. The summed E-state index contributed by atoms with van der Waals surface area (Å²) in [7, 11) is -1.29. The number of esters is 1. The van der Waals surface area contributed by atoms with E-state index in [0.717, 1.165) is 36.1 Å². The monoisotopic (exact) mass is 662 g/mol. The molecule has 3 aliphatic carbocycles. The topological polar surface area (TPSA) is 71.1 Å². The quantitative estimate of drug-likeness (QED) is 0.151. The van der Waals surface area contributed by atoms with Crippen LogP contribution in [-0.4, -0.2) is 52.8 Å². The third kappa shape index (κ3) is 5.98. The van der Waals surface area contributed by atoms with E-state index in [4.69, 9.17) is 18.6 Å². The van der Waals surface area contributed by atoms with Crippen molar-refractivity contribution < 1.29 is 28.2 Å². The number of benzene rings is 2. The first-order chi connectivity index (χ1) is 22.2. The van der Waals surface area contributed by atoms with Gasteiger partial charge in [0.05, 0.1) is 6.10 Å². The summed E-state index contributed by atoms with van der Waals surface area (Å²) in [4.78, 5) is 28.3. The Labute approximate surface area is 284 Å². The molecule has 0 saturated heterocycles. The molecule has 5 rings (SSSR count). The number of Topliss-reactive ketones (excluding diaryl/α,β-unsaturated/α-hetero) is 1. The standard InChI is InChI=1S/C40H58O6Si/c1-10-38(7)25-33(39(8)28(2)21-23-40(24-22-32(41)35(39)40)29(3)36(38)44-27-43-9)46-34(42)26-45-47(37(4,5)6,30-17-13-11-14-18-30)31-19-15-12-16-20-31/h11-20,28-29,33,35-36H,10,21-27H2,1-9H3/t28-,29-,33-,35?,36?,38-,39+,40+/m1/s1. The number of hydrogen-bond donors (Lipinski definition) is 0. The van der Waals surface area contributed by atoms with Gasteiger partial charge in [0, 0.05) is 24.9 Å². The molecule has 2 unspecified atom stereocenters. The van der Waals surface area contributed by atoms with Gasteiger partial charge in [0.25, 0.3) is 8.32 Å². The minimum atomic E-state index is -2.95. The predicted molar refractivity (Wildman–Crippen MR) is 189 cm³/mol. The van der Waals surface area contributed by atoms with E-state index >= 15 is 0 Å². The van der Waals surface area contributed by atoms with Gasteiger partial charge in [-0.05, 0) is 70.2 Å². The lowest BCUT2D eigenvalue weighted by Gasteiger charge is -2.62. The van der Waals surface area contributed by atoms with Crippen LogP contribution in [0.3, 0.4) is 0 Å². The Kier molecular flexibility index (Phi) is 10.4. The molecule has 2 aromatic rings. The van der Waals surface area contributed by atoms with Crippen molar-refractivity contribution in [2.45, 2.75) is 111 Å². The number of methoxy groups -OCH3 is 1. The number of ketones is 1. The first-order valence-corrected chi connectivity index (χ1v) is 19.7. The van der Waals surface area contributed by atoms with Gasteiger partial charge in [-0.25, -0.2) is 4.79 Å². The van der Waals surface area contributed by atoms with Crippen LogP contribution in [0.2, 0.25) is 5.04 Å². The molecule has 258 valence electrons. The van der Waals surface area contributed by atoms with Gasteiger partial charge < -0.3 is 18.6 Å². The summed E-state index contributed by atoms with van der Waals surface area (Å²) in [5, 5.41) is 1.98. The molecule has 2 aromatic carbocycles. The normalized spacial score (nSPS) is 34.3. The van der Waals surface area contributed by atoms with Crippen LogP contribution in [0.15, 0.2) is 60.7 Å². The van der Waals surface area contributed by atoms with Crippen LogP contribution in [-0.2, 0) is 28.2 Å². The zero-order chi connectivity index (χ0) is 34.3. The van der Waals surface area contributed by atoms with Gasteiger partial charge >= 0.3 is 5.97 Å². The zero-order valence-corrected chi connectivity index (χ0v) is 31.3. The van der Waals surface area contributed by atoms with Crippen molar-refractivity contribution in [3.63, 3.8) is 0 Å². The van der Waals surface area contributed by atoms with Crippen LogP contribution in [0.1, 0.15) is 93.9 Å². The Bertz CT molecular complexity index is 1350. The SMILES string of the molecule is CC[C@]1(C)C[C@@H](OC(=O)CO[Si](c2ccccc2)(c2ccccc2)C(C)(C)C)[C@@]2(C)C3C(=O)CC[C@@]3(CC[C@H]2C)[C@H](C)C1OCOC. The fourth-order valence-electron chi connectivity index (χ4n) is 10.3. The second kappa shape index (κ2) is 13.5. The number of carbonyl (C=O) groups excluding carboxylic acids is 2. The van der Waals surface area contributed by atoms with E-state index in [2.05, 4.69) is 79.7 Å². The summed E-state index contributed by atoms with van der Waals surface area (Å²) >= 11 is 0. The molecule has 3 aliphatic rings. The Balaban J connectivity index is 1.54. The van der Waals surface area contributed by atoms with Gasteiger partial charge in [0.15, 0.2) is 0 Å². The summed E-state index contributed by atoms with van der Waals surface area (Å²) in [6, 6.07) is 20.8. The molecule has 0 radical (unpaired) electrons. The lowest BCUT2D eigenvalue weighted by atomic mass is 9.43. The highest BCUT2D eigenvalue weighted by Crippen LogP contribution is 2.68. The summed E-state index contributed by atoms with van der Waals surface area (Å²) in [5.41, 5.74) is -0.969. The average molecular weight is 663 g/mol. The van der Waals surface area contributed by atoms with Crippen molar-refractivity contribution in [3.8, 4) is 0 Å². The lowest BCUT2D eigenvalue weighted by Crippen LogP contribution is -2.67. The van der Waals surface area contributed by atoms with Gasteiger partial charge in [-0.15, -0.1) is 0 Å². The van der Waals surface area contributed by atoms with E-state index in [1.54, 1.807) is 7.11 Å². The molecule has 0 heterocycles. The van der Waals surface area contributed by atoms with Crippen molar-refractivity contribution in [1.29, 1.82) is 0 Å². The van der Waals surface area contributed by atoms with Gasteiger partial charge in [-0.1, -0.05) is 116 Å². The van der Waals surface area contributed by atoms with Crippen LogP contribution < -0.4 is 10.4 Å². The molecule has 0 aliphatic heterocycles. The van der Waals surface area contributed by atoms with Crippen LogP contribution in [0, 0.1) is 34.0 Å². The van der Waals surface area contributed by atoms with Gasteiger partial charge in [0.1, 0.15) is 25.3 Å². The highest BCUT2D eigenvalue weighted by atomic mass is 28.4. The van der Waals surface area contributed by atoms with Gasteiger partial charge in [-0.3, -0.25) is 4.79 Å². The first kappa shape index (κ1) is 36.0. The molecule has 3 fully saturated rings. The van der Waals surface area contributed by atoms with Crippen molar-refractivity contribution in [2.75, 3.05) is 20.5 Å². The lowest BCUT2D eigenvalue weighted by molar-refractivity contribution is -0.231. The van der Waals surface area contributed by atoms with Gasteiger partial charge in [-0.2, -0.15) is 0 Å². The highest BCUT2D eigenvalue weighted by Gasteiger charge is 2.68. The number of ether oxygens (including phenoxy) is 3. The predicted octanol–water partition coefficient (Wildman–Crippen LogP) is 7.32. The maximum atomic E-state index is 14.3. The maximum absolute atomic E-state index is 14.3. The Morgan fingerprint density at radius 2 is 1.55 bits per heavy atom. The molecule has 0 aromatic heterocycles. The third-order valence-electron chi connectivity index (χ3n) is 13.1. The van der Waals surface area contributed by atoms with Gasteiger partial charge in [0.2, 0.25) is 0 Å². The Morgan fingerprint density at radius 1 is 0.957 bits per heavy atom. The van der Waals surface area contributed by atoms with E-state index in [0.29, 0.717) is 18.6 Å². The molecule has 47 heavy (non-hydrogen) atoms. The van der Waals surface area contributed by atoms with E-state index in [1.807, 2.05) is 36.4 Å². The van der Waals surface area contributed by atoms with E-state index in [1.165, 1.54) is 0 Å². The van der Waals surface area contributed by atoms with Crippen LogP contribution in [0.5, 0.6) is 0 Å². The van der Waals surface area contributed by atoms with Crippen molar-refractivity contribution in [1.82, 2.24) is 0 Å². The summed E-state index contributed by atoms with van der Waals surface area (Å²) < 4.78 is 25.8. The third-order valence-corrected chi connectivity index (χ3v) is 18.1. The zero-order valence-electron chi connectivity index (χ0n) is 30.3. The van der Waals surface area contributed by atoms with E-state index in [-0.39, 0.29) is 59.1 Å².